The second-order valence-corrected chi connectivity index (χ2v) is 26.3. The Morgan fingerprint density at radius 2 is 0.762 bits per heavy atom. The maximum Gasteiger partial charge on any atom is 0.268 e. The lowest BCUT2D eigenvalue weighted by Crippen LogP contribution is -2.45. The molecule has 0 aromatic heterocycles. The SMILES string of the molecule is CC/C=C\C/C=C\C/C=C\C/C=C\CCCCCCCCCCCCCCCCCCCCCCCCC(=O)NC(COP(=O)([O-])OCC[N+](C)(C)C)C(O)/C=C/CCCCCCCCCCCCCCCCCCCCCCC. The van der Waals surface area contributed by atoms with Crippen molar-refractivity contribution in [1.82, 2.24) is 5.32 Å². The van der Waals surface area contributed by atoms with Gasteiger partial charge < -0.3 is 28.8 Å². The number of aliphatic hydroxyl groups is 1. The number of hydrogen-bond donors (Lipinski definition) is 2. The number of amides is 1. The van der Waals surface area contributed by atoms with Crippen molar-refractivity contribution in [3.05, 3.63) is 60.8 Å². The van der Waals surface area contributed by atoms with Crippen LogP contribution in [0.25, 0.3) is 0 Å². The third-order valence-electron chi connectivity index (χ3n) is 15.7. The lowest BCUT2D eigenvalue weighted by molar-refractivity contribution is -0.870. The molecule has 0 aliphatic rings. The minimum absolute atomic E-state index is 0.000157. The van der Waals surface area contributed by atoms with Crippen LogP contribution in [0.15, 0.2) is 60.8 Å². The van der Waals surface area contributed by atoms with E-state index in [2.05, 4.69) is 67.8 Å². The molecule has 0 fully saturated rings. The van der Waals surface area contributed by atoms with Gasteiger partial charge in [-0.05, 0) is 57.8 Å². The average Bonchev–Trinajstić information content (AvgIpc) is 3.42. The van der Waals surface area contributed by atoms with E-state index in [-0.39, 0.29) is 19.1 Å². The van der Waals surface area contributed by atoms with Crippen LogP contribution in [-0.2, 0) is 18.4 Å². The molecule has 0 saturated heterocycles. The molecular weight excluding hydrogens is 1010 g/mol. The zero-order chi connectivity index (χ0) is 58.4. The first-order valence-electron chi connectivity index (χ1n) is 34.7. The number of phosphoric ester groups is 1. The molecule has 0 aromatic carbocycles. The van der Waals surface area contributed by atoms with Crippen molar-refractivity contribution in [2.24, 2.45) is 0 Å². The second kappa shape index (κ2) is 61.8. The lowest BCUT2D eigenvalue weighted by atomic mass is 10.0. The Hall–Kier alpha value is -1.80. The fourth-order valence-electron chi connectivity index (χ4n) is 10.4. The summed E-state index contributed by atoms with van der Waals surface area (Å²) in [6, 6.07) is -0.887. The Morgan fingerprint density at radius 3 is 1.11 bits per heavy atom. The first-order chi connectivity index (χ1) is 39.0. The van der Waals surface area contributed by atoms with Gasteiger partial charge in [-0.3, -0.25) is 9.36 Å². The highest BCUT2D eigenvalue weighted by atomic mass is 31.2. The van der Waals surface area contributed by atoms with Crippen molar-refractivity contribution in [3.63, 3.8) is 0 Å². The van der Waals surface area contributed by atoms with Crippen LogP contribution in [0, 0.1) is 0 Å². The summed E-state index contributed by atoms with van der Waals surface area (Å²) < 4.78 is 23.5. The van der Waals surface area contributed by atoms with Crippen LogP contribution in [-0.4, -0.2) is 68.5 Å². The van der Waals surface area contributed by atoms with Crippen LogP contribution in [0.1, 0.15) is 335 Å². The minimum atomic E-state index is -4.60. The standard InChI is InChI=1S/C71H135N2O6P/c1-6-8-10-12-14-16-18-20-22-24-26-28-30-31-32-33-34-35-36-37-38-39-40-41-43-45-47-49-51-53-55-57-59-61-63-65-71(75)72-69(68-79-80(76,77)78-67-66-73(3,4)5)70(74)64-62-60-58-56-54-52-50-48-46-44-42-29-27-25-23-21-19-17-15-13-11-9-7-2/h8,10,14,16,20,22,26,28,62,64,69-70,74H,6-7,9,11-13,15,17-19,21,23-25,27,29-61,63,65-68H2,1-5H3,(H-,72,75,76,77)/b10-8-,16-14-,22-20-,28-26-,64-62+. The number of unbranched alkanes of at least 4 members (excludes halogenated alkanes) is 43. The number of carbonyl (C=O) groups excluding carboxylic acids is 1. The molecular formula is C71H135N2O6P. The third kappa shape index (κ3) is 63.8. The van der Waals surface area contributed by atoms with E-state index in [0.29, 0.717) is 17.4 Å². The van der Waals surface area contributed by atoms with Crippen molar-refractivity contribution < 1.29 is 32.9 Å². The van der Waals surface area contributed by atoms with Crippen molar-refractivity contribution in [1.29, 1.82) is 0 Å². The molecule has 0 spiro atoms. The van der Waals surface area contributed by atoms with Gasteiger partial charge >= 0.3 is 0 Å². The molecule has 1 amide bonds. The molecule has 0 bridgehead atoms. The van der Waals surface area contributed by atoms with Gasteiger partial charge in [0.25, 0.3) is 7.82 Å². The molecule has 0 rings (SSSR count). The van der Waals surface area contributed by atoms with Gasteiger partial charge in [0, 0.05) is 6.42 Å². The number of phosphoric acid groups is 1. The quantitative estimate of drug-likeness (QED) is 0.0272. The zero-order valence-corrected chi connectivity index (χ0v) is 54.7. The topological polar surface area (TPSA) is 108 Å². The number of rotatable bonds is 64. The van der Waals surface area contributed by atoms with E-state index in [9.17, 15) is 19.4 Å². The first kappa shape index (κ1) is 78.2. The highest BCUT2D eigenvalue weighted by Gasteiger charge is 2.23. The number of likely N-dealkylation sites (N-methyl/N-ethyl adjacent to an activating group) is 1. The van der Waals surface area contributed by atoms with Crippen LogP contribution < -0.4 is 10.2 Å². The monoisotopic (exact) mass is 1140 g/mol. The van der Waals surface area contributed by atoms with Crippen LogP contribution in [0.4, 0.5) is 0 Å². The largest absolute Gasteiger partial charge is 0.756 e. The molecule has 470 valence electrons. The molecule has 80 heavy (non-hydrogen) atoms. The van der Waals surface area contributed by atoms with E-state index in [0.717, 1.165) is 64.2 Å². The van der Waals surface area contributed by atoms with Crippen molar-refractivity contribution >= 4 is 13.7 Å². The maximum atomic E-state index is 13.0. The zero-order valence-electron chi connectivity index (χ0n) is 53.8. The number of quaternary nitrogens is 1. The minimum Gasteiger partial charge on any atom is -0.756 e. The van der Waals surface area contributed by atoms with Gasteiger partial charge in [0.1, 0.15) is 13.2 Å². The fourth-order valence-corrected chi connectivity index (χ4v) is 11.1. The summed E-state index contributed by atoms with van der Waals surface area (Å²) in [5.74, 6) is -0.191. The molecule has 0 heterocycles. The first-order valence-corrected chi connectivity index (χ1v) is 36.1. The van der Waals surface area contributed by atoms with Crippen molar-refractivity contribution in [3.8, 4) is 0 Å². The summed E-state index contributed by atoms with van der Waals surface area (Å²) in [5, 5.41) is 14.0. The number of nitrogens with one attached hydrogen (secondary N) is 1. The summed E-state index contributed by atoms with van der Waals surface area (Å²) >= 11 is 0. The van der Waals surface area contributed by atoms with Gasteiger partial charge in [-0.15, -0.1) is 0 Å². The number of nitrogens with zero attached hydrogens (tertiary/aromatic N) is 1. The van der Waals surface area contributed by atoms with Gasteiger partial charge in [0.05, 0.1) is 39.9 Å². The fraction of sp³-hybridized carbons (Fsp3) is 0.845. The summed E-state index contributed by atoms with van der Waals surface area (Å²) in [6.45, 7) is 4.58. The van der Waals surface area contributed by atoms with Gasteiger partial charge in [-0.2, -0.15) is 0 Å². The van der Waals surface area contributed by atoms with Crippen molar-refractivity contribution in [2.75, 3.05) is 40.9 Å². The lowest BCUT2D eigenvalue weighted by Gasteiger charge is -2.29. The predicted molar refractivity (Wildman–Crippen MR) is 348 cm³/mol. The Morgan fingerprint density at radius 1 is 0.450 bits per heavy atom. The average molecular weight is 1140 g/mol. The Kier molecular flexibility index (Phi) is 60.4. The third-order valence-corrected chi connectivity index (χ3v) is 16.7. The Bertz CT molecular complexity index is 1490. The number of aliphatic hydroxyl groups excluding tert-OH is 1. The van der Waals surface area contributed by atoms with Crippen LogP contribution >= 0.6 is 7.82 Å². The van der Waals surface area contributed by atoms with Gasteiger partial charge in [-0.1, -0.05) is 331 Å². The second-order valence-electron chi connectivity index (χ2n) is 24.9. The maximum absolute atomic E-state index is 13.0. The van der Waals surface area contributed by atoms with Crippen molar-refractivity contribution in [2.45, 2.75) is 347 Å². The summed E-state index contributed by atoms with van der Waals surface area (Å²) in [6.07, 6.45) is 84.8. The Balaban J connectivity index is 4.01. The Labute approximate surface area is 498 Å². The highest BCUT2D eigenvalue weighted by Crippen LogP contribution is 2.38. The molecule has 3 atom stereocenters. The molecule has 2 N–H and O–H groups in total. The molecule has 9 heteroatoms. The summed E-state index contributed by atoms with van der Waals surface area (Å²) in [7, 11) is 1.27. The van der Waals surface area contributed by atoms with E-state index in [1.165, 1.54) is 250 Å². The van der Waals surface area contributed by atoms with Gasteiger partial charge in [0.15, 0.2) is 0 Å². The number of carbonyl (C=O) groups is 1. The molecule has 3 unspecified atom stereocenters. The molecule has 8 nitrogen and oxygen atoms in total. The predicted octanol–water partition coefficient (Wildman–Crippen LogP) is 21.4. The highest BCUT2D eigenvalue weighted by molar-refractivity contribution is 7.45. The molecule has 0 radical (unpaired) electrons. The summed E-state index contributed by atoms with van der Waals surface area (Å²) in [5.41, 5.74) is 0. The normalized spacial score (nSPS) is 14.0. The number of allylic oxidation sites excluding steroid dienone is 9. The molecule has 0 aromatic rings. The van der Waals surface area contributed by atoms with Crippen LogP contribution in [0.2, 0.25) is 0 Å². The van der Waals surface area contributed by atoms with E-state index in [1.807, 2.05) is 27.2 Å². The molecule has 0 aliphatic carbocycles. The van der Waals surface area contributed by atoms with E-state index >= 15 is 0 Å². The summed E-state index contributed by atoms with van der Waals surface area (Å²) in [4.78, 5) is 25.6. The number of hydrogen-bond acceptors (Lipinski definition) is 6. The molecule has 0 saturated carbocycles. The van der Waals surface area contributed by atoms with E-state index < -0.39 is 20.0 Å². The van der Waals surface area contributed by atoms with Crippen LogP contribution in [0.3, 0.4) is 0 Å². The van der Waals surface area contributed by atoms with E-state index in [1.54, 1.807) is 6.08 Å². The smallest absolute Gasteiger partial charge is 0.268 e. The van der Waals surface area contributed by atoms with E-state index in [4.69, 9.17) is 9.05 Å². The van der Waals surface area contributed by atoms with Gasteiger partial charge in [0.2, 0.25) is 5.91 Å². The van der Waals surface area contributed by atoms with Crippen LogP contribution in [0.5, 0.6) is 0 Å². The molecule has 0 aliphatic heterocycles. The van der Waals surface area contributed by atoms with Gasteiger partial charge in [-0.25, -0.2) is 0 Å².